The summed E-state index contributed by atoms with van der Waals surface area (Å²) in [6, 6.07) is 15.8. The summed E-state index contributed by atoms with van der Waals surface area (Å²) in [7, 11) is -3.41. The molecule has 0 bridgehead atoms. The molecule has 0 atom stereocenters. The van der Waals surface area contributed by atoms with Crippen LogP contribution in [0.15, 0.2) is 77.2 Å². The van der Waals surface area contributed by atoms with E-state index < -0.39 is 37.5 Å². The molecule has 13 heteroatoms. The number of carbonyl (C=O) groups is 2. The van der Waals surface area contributed by atoms with Crippen LogP contribution in [-0.4, -0.2) is 37.4 Å². The monoisotopic (exact) mass is 523 g/mol. The molecule has 0 aliphatic heterocycles. The normalized spacial score (nSPS) is 11.2. The third-order valence-corrected chi connectivity index (χ3v) is 6.08. The molecule has 0 saturated carbocycles. The number of para-hydroxylation sites is 2. The zero-order valence-electron chi connectivity index (χ0n) is 18.9. The Kier molecular flexibility index (Phi) is 7.86. The van der Waals surface area contributed by atoms with Gasteiger partial charge in [0.15, 0.2) is 16.4 Å². The highest BCUT2D eigenvalue weighted by Gasteiger charge is 2.28. The molecule has 0 heterocycles. The Morgan fingerprint density at radius 3 is 2.41 bits per heavy atom. The van der Waals surface area contributed by atoms with Crippen LogP contribution in [0.1, 0.15) is 15.9 Å². The number of amides is 1. The van der Waals surface area contributed by atoms with Gasteiger partial charge in [0, 0.05) is 6.07 Å². The maximum absolute atomic E-state index is 12.7. The van der Waals surface area contributed by atoms with E-state index >= 15 is 0 Å². The van der Waals surface area contributed by atoms with Gasteiger partial charge in [0.05, 0.1) is 23.3 Å². The van der Waals surface area contributed by atoms with E-state index in [9.17, 15) is 38.5 Å². The van der Waals surface area contributed by atoms with Gasteiger partial charge >= 0.3 is 16.1 Å². The van der Waals surface area contributed by atoms with Crippen LogP contribution < -0.4 is 14.2 Å². The smallest absolute Gasteiger partial charge is 0.346 e. The molecule has 0 aliphatic carbocycles. The Morgan fingerprint density at radius 1 is 1.08 bits per heavy atom. The molecule has 0 aliphatic rings. The Bertz CT molecular complexity index is 1570. The van der Waals surface area contributed by atoms with Crippen molar-refractivity contribution in [2.45, 2.75) is 4.90 Å². The lowest BCUT2D eigenvalue weighted by molar-refractivity contribution is -0.387. The van der Waals surface area contributed by atoms with Gasteiger partial charge in [-0.05, 0) is 42.0 Å². The molecule has 3 aromatic carbocycles. The van der Waals surface area contributed by atoms with Crippen molar-refractivity contribution in [3.05, 3.63) is 93.5 Å². The summed E-state index contributed by atoms with van der Waals surface area (Å²) in [4.78, 5) is 33.6. The number of nitro groups is 1. The van der Waals surface area contributed by atoms with E-state index in [2.05, 4.69) is 5.32 Å². The number of nitriles is 1. The van der Waals surface area contributed by atoms with E-state index in [0.29, 0.717) is 0 Å². The third-order valence-electron chi connectivity index (χ3n) is 4.80. The van der Waals surface area contributed by atoms with Crippen LogP contribution in [0.4, 0.5) is 11.4 Å². The Morgan fingerprint density at radius 2 is 1.76 bits per heavy atom. The number of aromatic carboxylic acids is 1. The summed E-state index contributed by atoms with van der Waals surface area (Å²) < 4.78 is 35.6. The number of carbonyl (C=O) groups excluding carboxylic acids is 1. The first-order chi connectivity index (χ1) is 17.6. The lowest BCUT2D eigenvalue weighted by Crippen LogP contribution is -2.16. The molecular weight excluding hydrogens is 506 g/mol. The summed E-state index contributed by atoms with van der Waals surface area (Å²) >= 11 is 0. The van der Waals surface area contributed by atoms with Gasteiger partial charge in [-0.25, -0.2) is 4.79 Å². The number of hydrogen-bond acceptors (Lipinski definition) is 9. The number of carboxylic acid groups (broad SMARTS) is 1. The molecule has 0 fully saturated rings. The van der Waals surface area contributed by atoms with Gasteiger partial charge in [-0.1, -0.05) is 30.3 Å². The molecule has 0 spiro atoms. The maximum Gasteiger partial charge on any atom is 0.346 e. The van der Waals surface area contributed by atoms with Crippen molar-refractivity contribution in [3.8, 4) is 17.6 Å². The number of ether oxygens (including phenoxy) is 1. The minimum absolute atomic E-state index is 0.0114. The molecule has 1 amide bonds. The molecule has 12 nitrogen and oxygen atoms in total. The first-order valence-electron chi connectivity index (χ1n) is 10.2. The van der Waals surface area contributed by atoms with E-state index in [1.807, 2.05) is 0 Å². The number of nitrogens with one attached hydrogen (secondary N) is 1. The number of benzene rings is 3. The standard InChI is InChI=1S/C24H17N3O9S/c1-35-21-13-15(12-16(14-25)23(28)26-18-7-3-2-6-17(18)24(29)30)10-11-20(21)36-37(33,34)22-9-5-4-8-19(22)27(31)32/h2-13H,1H3,(H,26,28)(H,29,30)/b16-12+. The van der Waals surface area contributed by atoms with Crippen molar-refractivity contribution in [2.24, 2.45) is 0 Å². The van der Waals surface area contributed by atoms with Crippen LogP contribution in [0, 0.1) is 21.4 Å². The van der Waals surface area contributed by atoms with Crippen molar-refractivity contribution in [2.75, 3.05) is 12.4 Å². The molecule has 188 valence electrons. The van der Waals surface area contributed by atoms with Gasteiger partial charge in [-0.15, -0.1) is 0 Å². The maximum atomic E-state index is 12.7. The van der Waals surface area contributed by atoms with Gasteiger partial charge in [-0.2, -0.15) is 13.7 Å². The largest absolute Gasteiger partial charge is 0.493 e. The van der Waals surface area contributed by atoms with Crippen molar-refractivity contribution in [1.82, 2.24) is 0 Å². The van der Waals surface area contributed by atoms with Crippen molar-refractivity contribution < 1.29 is 37.0 Å². The molecule has 2 N–H and O–H groups in total. The summed E-state index contributed by atoms with van der Waals surface area (Å²) in [5, 5.41) is 32.3. The van der Waals surface area contributed by atoms with E-state index in [0.717, 1.165) is 12.1 Å². The topological polar surface area (TPSA) is 186 Å². The van der Waals surface area contributed by atoms with E-state index in [1.165, 1.54) is 67.8 Å². The van der Waals surface area contributed by atoms with Crippen LogP contribution >= 0.6 is 0 Å². The van der Waals surface area contributed by atoms with E-state index in [4.69, 9.17) is 8.92 Å². The summed E-state index contributed by atoms with van der Waals surface area (Å²) in [5.41, 5.74) is -0.997. The molecule has 0 saturated heterocycles. The van der Waals surface area contributed by atoms with Crippen LogP contribution in [0.5, 0.6) is 11.5 Å². The number of carboxylic acids is 1. The van der Waals surface area contributed by atoms with Crippen molar-refractivity contribution in [1.29, 1.82) is 5.26 Å². The minimum atomic E-state index is -4.62. The van der Waals surface area contributed by atoms with Gasteiger partial charge < -0.3 is 19.3 Å². The zero-order chi connectivity index (χ0) is 27.2. The number of nitrogens with zero attached hydrogens (tertiary/aromatic N) is 2. The van der Waals surface area contributed by atoms with E-state index in [1.54, 1.807) is 6.07 Å². The summed E-state index contributed by atoms with van der Waals surface area (Å²) in [6.07, 6.45) is 1.17. The molecule has 37 heavy (non-hydrogen) atoms. The second-order valence-electron chi connectivity index (χ2n) is 7.15. The second-order valence-corrected chi connectivity index (χ2v) is 8.66. The fourth-order valence-corrected chi connectivity index (χ4v) is 4.22. The first-order valence-corrected chi connectivity index (χ1v) is 11.6. The fourth-order valence-electron chi connectivity index (χ4n) is 3.11. The van der Waals surface area contributed by atoms with Crippen LogP contribution in [0.25, 0.3) is 6.08 Å². The quantitative estimate of drug-likeness (QED) is 0.138. The number of rotatable bonds is 9. The van der Waals surface area contributed by atoms with Crippen LogP contribution in [-0.2, 0) is 14.9 Å². The first kappa shape index (κ1) is 26.4. The minimum Gasteiger partial charge on any atom is -0.493 e. The number of methoxy groups -OCH3 is 1. The summed E-state index contributed by atoms with van der Waals surface area (Å²) in [5.74, 6) is -2.55. The Hall–Kier alpha value is -5.22. The molecule has 3 rings (SSSR count). The second kappa shape index (κ2) is 11.0. The molecule has 3 aromatic rings. The van der Waals surface area contributed by atoms with Crippen molar-refractivity contribution >= 4 is 39.4 Å². The number of hydrogen-bond donors (Lipinski definition) is 2. The van der Waals surface area contributed by atoms with Gasteiger partial charge in [0.25, 0.3) is 11.6 Å². The molecular formula is C24H17N3O9S. The summed E-state index contributed by atoms with van der Waals surface area (Å²) in [6.45, 7) is 0. The van der Waals surface area contributed by atoms with Crippen LogP contribution in [0.2, 0.25) is 0 Å². The Balaban J connectivity index is 1.90. The van der Waals surface area contributed by atoms with Crippen LogP contribution in [0.3, 0.4) is 0 Å². The third kappa shape index (κ3) is 6.08. The molecule has 0 radical (unpaired) electrons. The van der Waals surface area contributed by atoms with Gasteiger partial charge in [0.1, 0.15) is 11.6 Å². The predicted octanol–water partition coefficient (Wildman–Crippen LogP) is 3.61. The predicted molar refractivity (Wildman–Crippen MR) is 130 cm³/mol. The zero-order valence-corrected chi connectivity index (χ0v) is 19.8. The lowest BCUT2D eigenvalue weighted by atomic mass is 10.1. The van der Waals surface area contributed by atoms with E-state index in [-0.39, 0.29) is 33.9 Å². The van der Waals surface area contributed by atoms with Crippen molar-refractivity contribution in [3.63, 3.8) is 0 Å². The SMILES string of the molecule is COc1cc(/C=C(\C#N)C(=O)Nc2ccccc2C(=O)O)ccc1OS(=O)(=O)c1ccccc1[N+](=O)[O-]. The van der Waals surface area contributed by atoms with Gasteiger partial charge in [0.2, 0.25) is 0 Å². The number of anilines is 1. The highest BCUT2D eigenvalue weighted by atomic mass is 32.2. The Labute approximate surface area is 210 Å². The lowest BCUT2D eigenvalue weighted by Gasteiger charge is -2.12. The average Bonchev–Trinajstić information content (AvgIpc) is 2.87. The fraction of sp³-hybridized carbons (Fsp3) is 0.0417. The van der Waals surface area contributed by atoms with Gasteiger partial charge in [-0.3, -0.25) is 14.9 Å². The molecule has 0 unspecified atom stereocenters. The number of nitro benzene ring substituents is 1. The highest BCUT2D eigenvalue weighted by Crippen LogP contribution is 2.33. The molecule has 0 aromatic heterocycles. The average molecular weight is 523 g/mol. The highest BCUT2D eigenvalue weighted by molar-refractivity contribution is 7.87.